The first-order chi connectivity index (χ1) is 10.0. The molecule has 2 aromatic rings. The summed E-state index contributed by atoms with van der Waals surface area (Å²) in [5, 5.41) is 14.3. The summed E-state index contributed by atoms with van der Waals surface area (Å²) in [6.45, 7) is 0.933. The van der Waals surface area contributed by atoms with Crippen LogP contribution in [0.15, 0.2) is 30.3 Å². The lowest BCUT2D eigenvalue weighted by Crippen LogP contribution is -2.45. The molecule has 1 N–H and O–H groups in total. The van der Waals surface area contributed by atoms with Crippen LogP contribution >= 0.6 is 12.4 Å². The molecule has 1 fully saturated rings. The molecule has 9 heteroatoms. The highest BCUT2D eigenvalue weighted by molar-refractivity contribution is 7.88. The molecule has 0 amide bonds. The lowest BCUT2D eigenvalue weighted by atomic mass is 9.72. The number of H-pyrrole nitrogens is 1. The third-order valence-electron chi connectivity index (χ3n) is 4.17. The molecule has 1 saturated heterocycles. The van der Waals surface area contributed by atoms with Crippen molar-refractivity contribution in [3.05, 3.63) is 41.7 Å². The van der Waals surface area contributed by atoms with E-state index in [0.717, 1.165) is 5.56 Å². The summed E-state index contributed by atoms with van der Waals surface area (Å²) in [5.41, 5.74) is 0.753. The fourth-order valence-corrected chi connectivity index (χ4v) is 3.83. The van der Waals surface area contributed by atoms with E-state index in [1.165, 1.54) is 10.6 Å². The Morgan fingerprint density at radius 2 is 1.82 bits per heavy atom. The normalized spacial score (nSPS) is 18.6. The van der Waals surface area contributed by atoms with Crippen molar-refractivity contribution in [1.29, 1.82) is 0 Å². The molecule has 3 rings (SSSR count). The highest BCUT2D eigenvalue weighted by Crippen LogP contribution is 2.39. The zero-order valence-corrected chi connectivity index (χ0v) is 13.8. The van der Waals surface area contributed by atoms with E-state index in [-0.39, 0.29) is 17.8 Å². The van der Waals surface area contributed by atoms with Gasteiger partial charge in [-0.25, -0.2) is 17.8 Å². The maximum atomic E-state index is 11.7. The molecule has 1 aromatic carbocycles. The predicted octanol–water partition coefficient (Wildman–Crippen LogP) is 0.963. The van der Waals surface area contributed by atoms with Gasteiger partial charge in [-0.05, 0) is 28.8 Å². The van der Waals surface area contributed by atoms with Crippen molar-refractivity contribution in [1.82, 2.24) is 24.9 Å². The summed E-state index contributed by atoms with van der Waals surface area (Å²) >= 11 is 0. The number of tetrazole rings is 1. The van der Waals surface area contributed by atoms with Gasteiger partial charge in [0, 0.05) is 13.1 Å². The van der Waals surface area contributed by atoms with E-state index >= 15 is 0 Å². The van der Waals surface area contributed by atoms with E-state index in [9.17, 15) is 8.42 Å². The van der Waals surface area contributed by atoms with Crippen LogP contribution in [0.1, 0.15) is 24.2 Å². The van der Waals surface area contributed by atoms with E-state index in [2.05, 4.69) is 20.6 Å². The Labute approximate surface area is 135 Å². The third-order valence-corrected chi connectivity index (χ3v) is 5.47. The molecular formula is C13H18ClN5O2S. The first-order valence-corrected chi connectivity index (χ1v) is 8.62. The van der Waals surface area contributed by atoms with Gasteiger partial charge in [0.2, 0.25) is 10.0 Å². The molecule has 1 aromatic heterocycles. The predicted molar refractivity (Wildman–Crippen MR) is 84.3 cm³/mol. The molecule has 0 unspecified atom stereocenters. The Morgan fingerprint density at radius 3 is 2.32 bits per heavy atom. The van der Waals surface area contributed by atoms with E-state index in [1.54, 1.807) is 0 Å². The molecule has 1 aliphatic rings. The number of hydrogen-bond acceptors (Lipinski definition) is 5. The zero-order chi connectivity index (χ0) is 14.9. The summed E-state index contributed by atoms with van der Waals surface area (Å²) in [6, 6.07) is 9.99. The topological polar surface area (TPSA) is 91.8 Å². The maximum absolute atomic E-state index is 11.7. The van der Waals surface area contributed by atoms with Gasteiger partial charge in [0.1, 0.15) is 0 Å². The monoisotopic (exact) mass is 343 g/mol. The van der Waals surface area contributed by atoms with Crippen LogP contribution in [0.25, 0.3) is 0 Å². The van der Waals surface area contributed by atoms with Gasteiger partial charge >= 0.3 is 0 Å². The van der Waals surface area contributed by atoms with E-state index in [0.29, 0.717) is 31.8 Å². The molecule has 1 aliphatic heterocycles. The second kappa shape index (κ2) is 6.31. The van der Waals surface area contributed by atoms with Crippen LogP contribution < -0.4 is 0 Å². The minimum absolute atomic E-state index is 0. The van der Waals surface area contributed by atoms with Gasteiger partial charge in [-0.3, -0.25) is 0 Å². The van der Waals surface area contributed by atoms with Gasteiger partial charge in [-0.1, -0.05) is 30.3 Å². The largest absolute Gasteiger partial charge is 0.242 e. The molecule has 0 saturated carbocycles. The van der Waals surface area contributed by atoms with Gasteiger partial charge in [0.05, 0.1) is 11.7 Å². The highest BCUT2D eigenvalue weighted by Gasteiger charge is 2.42. The third kappa shape index (κ3) is 2.99. The molecule has 0 bridgehead atoms. The second-order valence-electron chi connectivity index (χ2n) is 5.36. The lowest BCUT2D eigenvalue weighted by Gasteiger charge is -2.39. The zero-order valence-electron chi connectivity index (χ0n) is 12.1. The van der Waals surface area contributed by atoms with E-state index in [1.807, 2.05) is 30.3 Å². The minimum Gasteiger partial charge on any atom is -0.242 e. The summed E-state index contributed by atoms with van der Waals surface area (Å²) in [6.07, 6.45) is 2.56. The van der Waals surface area contributed by atoms with Gasteiger partial charge < -0.3 is 0 Å². The average Bonchev–Trinajstić information content (AvgIpc) is 3.02. The fraction of sp³-hybridized carbons (Fsp3) is 0.462. The standard InChI is InChI=1S/C13H17N5O2S.ClH/c1-21(19,20)18-9-7-13(8-10-18,12-14-16-17-15-12)11-5-3-2-4-6-11;/h2-6H,7-10H2,1H3,(H,14,15,16,17);1H. The van der Waals surface area contributed by atoms with Crippen molar-refractivity contribution in [2.24, 2.45) is 0 Å². The number of nitrogens with one attached hydrogen (secondary N) is 1. The molecule has 120 valence electrons. The van der Waals surface area contributed by atoms with E-state index < -0.39 is 10.0 Å². The molecule has 22 heavy (non-hydrogen) atoms. The molecule has 2 heterocycles. The van der Waals surface area contributed by atoms with Crippen LogP contribution in [0.4, 0.5) is 0 Å². The second-order valence-corrected chi connectivity index (χ2v) is 7.34. The maximum Gasteiger partial charge on any atom is 0.211 e. The van der Waals surface area contributed by atoms with Crippen molar-refractivity contribution in [3.63, 3.8) is 0 Å². The Hall–Kier alpha value is -1.51. The quantitative estimate of drug-likeness (QED) is 0.896. The molecular weight excluding hydrogens is 326 g/mol. The van der Waals surface area contributed by atoms with Gasteiger partial charge in [-0.2, -0.15) is 0 Å². The number of sulfonamides is 1. The number of aromatic nitrogens is 4. The smallest absolute Gasteiger partial charge is 0.211 e. The van der Waals surface area contributed by atoms with Crippen LogP contribution in [0.3, 0.4) is 0 Å². The SMILES string of the molecule is CS(=O)(=O)N1CCC(c2ccccc2)(c2nnn[nH]2)CC1.Cl. The summed E-state index contributed by atoms with van der Waals surface area (Å²) in [4.78, 5) is 0. The summed E-state index contributed by atoms with van der Waals surface area (Å²) in [5.74, 6) is 0.696. The number of piperidine rings is 1. The van der Waals surface area contributed by atoms with Crippen molar-refractivity contribution < 1.29 is 8.42 Å². The van der Waals surface area contributed by atoms with Crippen molar-refractivity contribution in [2.75, 3.05) is 19.3 Å². The Balaban J connectivity index is 0.00000176. The van der Waals surface area contributed by atoms with Gasteiger partial charge in [-0.15, -0.1) is 17.5 Å². The lowest BCUT2D eigenvalue weighted by molar-refractivity contribution is 0.258. The van der Waals surface area contributed by atoms with Crippen LogP contribution in [0, 0.1) is 0 Å². The van der Waals surface area contributed by atoms with Gasteiger partial charge in [0.15, 0.2) is 5.82 Å². The number of halogens is 1. The average molecular weight is 344 g/mol. The molecule has 7 nitrogen and oxygen atoms in total. The first-order valence-electron chi connectivity index (χ1n) is 6.77. The Bertz CT molecular complexity index is 697. The number of aromatic amines is 1. The minimum atomic E-state index is -3.16. The Morgan fingerprint density at radius 1 is 1.18 bits per heavy atom. The first kappa shape index (κ1) is 16.9. The highest BCUT2D eigenvalue weighted by atomic mass is 35.5. The molecule has 0 radical (unpaired) electrons. The van der Waals surface area contributed by atoms with Crippen LogP contribution in [-0.4, -0.2) is 52.7 Å². The van der Waals surface area contributed by atoms with Crippen molar-refractivity contribution in [2.45, 2.75) is 18.3 Å². The van der Waals surface area contributed by atoms with Crippen LogP contribution in [-0.2, 0) is 15.4 Å². The number of benzene rings is 1. The molecule has 0 spiro atoms. The number of rotatable bonds is 3. The Kier molecular flexibility index (Phi) is 4.84. The molecule has 0 aliphatic carbocycles. The van der Waals surface area contributed by atoms with Crippen LogP contribution in [0.2, 0.25) is 0 Å². The summed E-state index contributed by atoms with van der Waals surface area (Å²) < 4.78 is 24.9. The molecule has 0 atom stereocenters. The fourth-order valence-electron chi connectivity index (χ4n) is 2.98. The number of nitrogens with zero attached hydrogens (tertiary/aromatic N) is 4. The van der Waals surface area contributed by atoms with E-state index in [4.69, 9.17) is 0 Å². The van der Waals surface area contributed by atoms with Crippen molar-refractivity contribution >= 4 is 22.4 Å². The van der Waals surface area contributed by atoms with Crippen LogP contribution in [0.5, 0.6) is 0 Å². The van der Waals surface area contributed by atoms with Gasteiger partial charge in [0.25, 0.3) is 0 Å². The summed E-state index contributed by atoms with van der Waals surface area (Å²) in [7, 11) is -3.16. The number of hydrogen-bond donors (Lipinski definition) is 1. The van der Waals surface area contributed by atoms with Crippen molar-refractivity contribution in [3.8, 4) is 0 Å².